The van der Waals surface area contributed by atoms with E-state index in [1.807, 2.05) is 13.8 Å². The fraction of sp³-hybridized carbons (Fsp3) is 0.211. The molecule has 0 radical (unpaired) electrons. The summed E-state index contributed by atoms with van der Waals surface area (Å²) in [5.74, 6) is -0.391. The van der Waals surface area contributed by atoms with Crippen LogP contribution in [0.4, 0.5) is 4.79 Å². The first-order chi connectivity index (χ1) is 12.4. The molecule has 1 fully saturated rings. The Kier molecular flexibility index (Phi) is 4.99. The first kappa shape index (κ1) is 18.0. The highest BCUT2D eigenvalue weighted by Gasteiger charge is 2.34. The maximum atomic E-state index is 12.3. The summed E-state index contributed by atoms with van der Waals surface area (Å²) in [5, 5.41) is 8.87. The summed E-state index contributed by atoms with van der Waals surface area (Å²) >= 11 is 0.892. The van der Waals surface area contributed by atoms with Crippen molar-refractivity contribution < 1.29 is 23.9 Å². The lowest BCUT2D eigenvalue weighted by Gasteiger charge is -2.09. The van der Waals surface area contributed by atoms with E-state index in [9.17, 15) is 14.4 Å². The highest BCUT2D eigenvalue weighted by atomic mass is 32.2. The van der Waals surface area contributed by atoms with Crippen molar-refractivity contribution in [3.63, 3.8) is 0 Å². The summed E-state index contributed by atoms with van der Waals surface area (Å²) in [6.45, 7) is 4.16. The Hall–Kier alpha value is -2.80. The standard InChI is InChI=1S/C19H17NO5S/c1-3-8-20-17(21)16(26-19(20)24)10-13-6-7-15(25-13)14-9-12(18(22)23)5-4-11(14)2/h4-7,9-10H,3,8H2,1-2H3,(H,22,23)/b16-10+. The normalized spacial score (nSPS) is 15.9. The Balaban J connectivity index is 1.90. The van der Waals surface area contributed by atoms with Gasteiger partial charge in [-0.3, -0.25) is 14.5 Å². The molecular formula is C19H17NO5S. The average Bonchev–Trinajstić information content (AvgIpc) is 3.16. The highest BCUT2D eigenvalue weighted by molar-refractivity contribution is 8.18. The SMILES string of the molecule is CCCN1C(=O)S/C(=C/c2ccc(-c3cc(C(=O)O)ccc3C)o2)C1=O. The van der Waals surface area contributed by atoms with Gasteiger partial charge in [0, 0.05) is 18.2 Å². The predicted octanol–water partition coefficient (Wildman–Crippen LogP) is 4.40. The number of nitrogens with zero attached hydrogens (tertiary/aromatic N) is 1. The number of carboxylic acid groups (broad SMARTS) is 1. The fourth-order valence-corrected chi connectivity index (χ4v) is 3.49. The molecule has 1 aromatic heterocycles. The molecule has 0 bridgehead atoms. The summed E-state index contributed by atoms with van der Waals surface area (Å²) in [6, 6.07) is 8.22. The smallest absolute Gasteiger partial charge is 0.335 e. The Morgan fingerprint density at radius 2 is 2.04 bits per heavy atom. The van der Waals surface area contributed by atoms with E-state index in [1.165, 1.54) is 11.0 Å². The molecule has 1 aromatic carbocycles. The number of carbonyl (C=O) groups is 3. The number of rotatable bonds is 5. The number of imide groups is 1. The zero-order valence-corrected chi connectivity index (χ0v) is 15.1. The first-order valence-electron chi connectivity index (χ1n) is 8.10. The number of hydrogen-bond acceptors (Lipinski definition) is 5. The van der Waals surface area contributed by atoms with E-state index < -0.39 is 5.97 Å². The maximum absolute atomic E-state index is 12.3. The molecule has 0 spiro atoms. The highest BCUT2D eigenvalue weighted by Crippen LogP contribution is 2.34. The van der Waals surface area contributed by atoms with E-state index >= 15 is 0 Å². The molecule has 2 heterocycles. The summed E-state index contributed by atoms with van der Waals surface area (Å²) < 4.78 is 5.76. The molecule has 6 nitrogen and oxygen atoms in total. The van der Waals surface area contributed by atoms with Gasteiger partial charge < -0.3 is 9.52 Å². The largest absolute Gasteiger partial charge is 0.478 e. The summed E-state index contributed by atoms with van der Waals surface area (Å²) in [7, 11) is 0. The van der Waals surface area contributed by atoms with Crippen LogP contribution >= 0.6 is 11.8 Å². The second-order valence-corrected chi connectivity index (χ2v) is 6.86. The van der Waals surface area contributed by atoms with Crippen molar-refractivity contribution in [2.24, 2.45) is 0 Å². The second-order valence-electron chi connectivity index (χ2n) is 5.87. The van der Waals surface area contributed by atoms with Gasteiger partial charge in [0.1, 0.15) is 11.5 Å². The van der Waals surface area contributed by atoms with Gasteiger partial charge in [0.05, 0.1) is 10.5 Å². The van der Waals surface area contributed by atoms with Gasteiger partial charge in [-0.25, -0.2) is 4.79 Å². The first-order valence-corrected chi connectivity index (χ1v) is 8.92. The molecule has 134 valence electrons. The Morgan fingerprint density at radius 3 is 2.73 bits per heavy atom. The zero-order chi connectivity index (χ0) is 18.8. The molecule has 0 unspecified atom stereocenters. The zero-order valence-electron chi connectivity index (χ0n) is 14.3. The number of carbonyl (C=O) groups excluding carboxylic acids is 2. The van der Waals surface area contributed by atoms with Crippen LogP contribution in [0.1, 0.15) is 35.0 Å². The number of hydrogen-bond donors (Lipinski definition) is 1. The maximum Gasteiger partial charge on any atom is 0.335 e. The fourth-order valence-electron chi connectivity index (χ4n) is 2.64. The topological polar surface area (TPSA) is 87.8 Å². The van der Waals surface area contributed by atoms with E-state index in [2.05, 4.69) is 0 Å². The minimum atomic E-state index is -1.01. The van der Waals surface area contributed by atoms with Crippen LogP contribution in [-0.4, -0.2) is 33.7 Å². The molecule has 1 saturated heterocycles. The molecule has 1 aliphatic rings. The number of carboxylic acids is 1. The van der Waals surface area contributed by atoms with Crippen LogP contribution in [0, 0.1) is 6.92 Å². The monoisotopic (exact) mass is 371 g/mol. The molecule has 0 aliphatic carbocycles. The van der Waals surface area contributed by atoms with Crippen LogP contribution in [0.15, 0.2) is 39.7 Å². The molecule has 2 amide bonds. The number of amides is 2. The lowest BCUT2D eigenvalue weighted by atomic mass is 10.0. The van der Waals surface area contributed by atoms with Gasteiger partial charge in [-0.05, 0) is 54.9 Å². The summed E-state index contributed by atoms with van der Waals surface area (Å²) in [4.78, 5) is 36.9. The van der Waals surface area contributed by atoms with E-state index in [0.29, 0.717) is 35.0 Å². The third-order valence-electron chi connectivity index (χ3n) is 3.97. The predicted molar refractivity (Wildman–Crippen MR) is 98.8 cm³/mol. The van der Waals surface area contributed by atoms with Crippen molar-refractivity contribution in [2.45, 2.75) is 20.3 Å². The molecule has 0 saturated carbocycles. The average molecular weight is 371 g/mol. The Bertz CT molecular complexity index is 928. The van der Waals surface area contributed by atoms with E-state index in [4.69, 9.17) is 9.52 Å². The van der Waals surface area contributed by atoms with Gasteiger partial charge >= 0.3 is 5.97 Å². The molecule has 26 heavy (non-hydrogen) atoms. The Labute approximate surface area is 154 Å². The van der Waals surface area contributed by atoms with Gasteiger partial charge in [0.2, 0.25) is 0 Å². The molecule has 3 rings (SSSR count). The molecular weight excluding hydrogens is 354 g/mol. The molecule has 0 atom stereocenters. The number of benzene rings is 1. The quantitative estimate of drug-likeness (QED) is 0.784. The molecule has 2 aromatic rings. The van der Waals surface area contributed by atoms with Crippen molar-refractivity contribution in [2.75, 3.05) is 6.54 Å². The molecule has 1 aliphatic heterocycles. The lowest BCUT2D eigenvalue weighted by Crippen LogP contribution is -2.28. The number of aryl methyl sites for hydroxylation is 1. The van der Waals surface area contributed by atoms with Crippen LogP contribution in [0.25, 0.3) is 17.4 Å². The number of furan rings is 1. The van der Waals surface area contributed by atoms with E-state index in [0.717, 1.165) is 17.3 Å². The minimum absolute atomic E-state index is 0.171. The molecule has 1 N–H and O–H groups in total. The van der Waals surface area contributed by atoms with Crippen LogP contribution in [0.5, 0.6) is 0 Å². The Morgan fingerprint density at radius 1 is 1.27 bits per heavy atom. The van der Waals surface area contributed by atoms with Crippen molar-refractivity contribution in [3.05, 3.63) is 52.1 Å². The minimum Gasteiger partial charge on any atom is -0.478 e. The van der Waals surface area contributed by atoms with Crippen molar-refractivity contribution in [3.8, 4) is 11.3 Å². The van der Waals surface area contributed by atoms with Gasteiger partial charge in [0.25, 0.3) is 11.1 Å². The van der Waals surface area contributed by atoms with Crippen molar-refractivity contribution >= 4 is 35.0 Å². The van der Waals surface area contributed by atoms with E-state index in [1.54, 1.807) is 30.3 Å². The molecule has 7 heteroatoms. The third-order valence-corrected chi connectivity index (χ3v) is 4.88. The van der Waals surface area contributed by atoms with Crippen molar-refractivity contribution in [1.82, 2.24) is 4.90 Å². The van der Waals surface area contributed by atoms with E-state index in [-0.39, 0.29) is 16.7 Å². The lowest BCUT2D eigenvalue weighted by molar-refractivity contribution is -0.122. The van der Waals surface area contributed by atoms with Crippen molar-refractivity contribution in [1.29, 1.82) is 0 Å². The summed E-state index contributed by atoms with van der Waals surface area (Å²) in [5.41, 5.74) is 1.71. The van der Waals surface area contributed by atoms with Gasteiger partial charge in [-0.1, -0.05) is 13.0 Å². The van der Waals surface area contributed by atoms with Crippen LogP contribution in [-0.2, 0) is 4.79 Å². The second kappa shape index (κ2) is 7.21. The van der Waals surface area contributed by atoms with Crippen LogP contribution in [0.3, 0.4) is 0 Å². The van der Waals surface area contributed by atoms with Gasteiger partial charge in [0.15, 0.2) is 0 Å². The van der Waals surface area contributed by atoms with Gasteiger partial charge in [-0.15, -0.1) is 0 Å². The third kappa shape index (κ3) is 3.43. The van der Waals surface area contributed by atoms with Crippen LogP contribution in [0.2, 0.25) is 0 Å². The van der Waals surface area contributed by atoms with Crippen LogP contribution < -0.4 is 0 Å². The number of thioether (sulfide) groups is 1. The number of aromatic carboxylic acids is 1. The van der Waals surface area contributed by atoms with Gasteiger partial charge in [-0.2, -0.15) is 0 Å². The summed E-state index contributed by atoms with van der Waals surface area (Å²) in [6.07, 6.45) is 2.25.